The van der Waals surface area contributed by atoms with Gasteiger partial charge in [-0.2, -0.15) is 0 Å². The zero-order valence-corrected chi connectivity index (χ0v) is 8.65. The quantitative estimate of drug-likeness (QED) is 0.762. The molecule has 0 saturated heterocycles. The van der Waals surface area contributed by atoms with E-state index < -0.39 is 0 Å². The van der Waals surface area contributed by atoms with Crippen LogP contribution in [0.5, 0.6) is 0 Å². The summed E-state index contributed by atoms with van der Waals surface area (Å²) in [6.45, 7) is 6.38. The Balaban J connectivity index is 2.95. The number of aliphatic hydroxyl groups is 1. The smallest absolute Gasteiger partial charge is 0.158 e. The highest BCUT2D eigenvalue weighted by Gasteiger charge is 2.17. The lowest BCUT2D eigenvalue weighted by Crippen LogP contribution is -2.10. The number of aromatic nitrogens is 3. The van der Waals surface area contributed by atoms with E-state index in [1.807, 2.05) is 11.6 Å². The number of aliphatic hydroxyl groups excluding tert-OH is 1. The van der Waals surface area contributed by atoms with E-state index in [1.54, 1.807) is 0 Å². The van der Waals surface area contributed by atoms with Gasteiger partial charge in [0, 0.05) is 13.0 Å². The Kier molecular flexibility index (Phi) is 3.03. The van der Waals surface area contributed by atoms with Gasteiger partial charge in [-0.3, -0.25) is 0 Å². The van der Waals surface area contributed by atoms with Gasteiger partial charge in [-0.15, -0.1) is 10.2 Å². The minimum Gasteiger partial charge on any atom is -0.388 e. The van der Waals surface area contributed by atoms with E-state index in [9.17, 15) is 0 Å². The van der Waals surface area contributed by atoms with Gasteiger partial charge < -0.3 is 9.67 Å². The third-order valence-corrected chi connectivity index (χ3v) is 2.55. The normalized spacial score (nSPS) is 13.7. The molecule has 1 aromatic heterocycles. The standard InChI is InChI=1S/C9H17N3O/c1-6(2)7(3)9-11-10-8(5-13)12(9)4/h6-7,13H,5H2,1-4H3. The van der Waals surface area contributed by atoms with Gasteiger partial charge in [-0.1, -0.05) is 20.8 Å². The van der Waals surface area contributed by atoms with Crippen molar-refractivity contribution in [1.82, 2.24) is 14.8 Å². The highest BCUT2D eigenvalue weighted by molar-refractivity contribution is 5.00. The molecule has 1 unspecified atom stereocenters. The Bertz CT molecular complexity index is 280. The zero-order valence-electron chi connectivity index (χ0n) is 8.65. The molecular weight excluding hydrogens is 166 g/mol. The fraction of sp³-hybridized carbons (Fsp3) is 0.778. The summed E-state index contributed by atoms with van der Waals surface area (Å²) in [6.07, 6.45) is 0. The molecule has 0 aromatic carbocycles. The molecule has 0 fully saturated rings. The fourth-order valence-electron chi connectivity index (χ4n) is 1.21. The molecule has 0 bridgehead atoms. The molecule has 0 spiro atoms. The number of hydrogen-bond acceptors (Lipinski definition) is 3. The third-order valence-electron chi connectivity index (χ3n) is 2.55. The molecule has 1 atom stereocenters. The first-order valence-electron chi connectivity index (χ1n) is 4.57. The molecule has 0 radical (unpaired) electrons. The fourth-order valence-corrected chi connectivity index (χ4v) is 1.21. The number of hydrogen-bond donors (Lipinski definition) is 1. The first-order chi connectivity index (χ1) is 6.07. The van der Waals surface area contributed by atoms with Gasteiger partial charge in [-0.05, 0) is 5.92 Å². The average Bonchev–Trinajstić information content (AvgIpc) is 2.45. The lowest BCUT2D eigenvalue weighted by Gasteiger charge is -2.14. The maximum Gasteiger partial charge on any atom is 0.158 e. The molecule has 1 aromatic rings. The highest BCUT2D eigenvalue weighted by Crippen LogP contribution is 2.21. The van der Waals surface area contributed by atoms with Crippen LogP contribution in [-0.2, 0) is 13.7 Å². The minimum absolute atomic E-state index is 0.0473. The van der Waals surface area contributed by atoms with Gasteiger partial charge in [0.1, 0.15) is 12.4 Å². The maximum absolute atomic E-state index is 8.93. The largest absolute Gasteiger partial charge is 0.388 e. The van der Waals surface area contributed by atoms with Crippen molar-refractivity contribution in [3.63, 3.8) is 0 Å². The molecule has 4 nitrogen and oxygen atoms in total. The molecule has 1 N–H and O–H groups in total. The van der Waals surface area contributed by atoms with E-state index in [2.05, 4.69) is 31.0 Å². The summed E-state index contributed by atoms with van der Waals surface area (Å²) in [5, 5.41) is 16.9. The second-order valence-corrected chi connectivity index (χ2v) is 3.72. The topological polar surface area (TPSA) is 50.9 Å². The van der Waals surface area contributed by atoms with Gasteiger partial charge >= 0.3 is 0 Å². The van der Waals surface area contributed by atoms with Crippen molar-refractivity contribution in [2.24, 2.45) is 13.0 Å². The van der Waals surface area contributed by atoms with E-state index in [4.69, 9.17) is 5.11 Å². The van der Waals surface area contributed by atoms with Crippen molar-refractivity contribution in [3.05, 3.63) is 11.6 Å². The predicted molar refractivity (Wildman–Crippen MR) is 50.2 cm³/mol. The summed E-state index contributed by atoms with van der Waals surface area (Å²) in [7, 11) is 1.89. The molecule has 0 saturated carbocycles. The van der Waals surface area contributed by atoms with E-state index in [0.29, 0.717) is 17.7 Å². The molecule has 0 amide bonds. The number of nitrogens with zero attached hydrogens (tertiary/aromatic N) is 3. The molecule has 13 heavy (non-hydrogen) atoms. The molecule has 1 heterocycles. The Morgan fingerprint density at radius 1 is 1.31 bits per heavy atom. The zero-order chi connectivity index (χ0) is 10.0. The van der Waals surface area contributed by atoms with Crippen molar-refractivity contribution < 1.29 is 5.11 Å². The molecule has 74 valence electrons. The molecule has 4 heteroatoms. The van der Waals surface area contributed by atoms with Crippen molar-refractivity contribution in [1.29, 1.82) is 0 Å². The lowest BCUT2D eigenvalue weighted by atomic mass is 9.97. The SMILES string of the molecule is CC(C)C(C)c1nnc(CO)n1C. The second kappa shape index (κ2) is 3.87. The van der Waals surface area contributed by atoms with E-state index in [0.717, 1.165) is 5.82 Å². The maximum atomic E-state index is 8.93. The van der Waals surface area contributed by atoms with E-state index in [-0.39, 0.29) is 6.61 Å². The van der Waals surface area contributed by atoms with Gasteiger partial charge in [0.25, 0.3) is 0 Å². The molecule has 0 aliphatic carbocycles. The van der Waals surface area contributed by atoms with Gasteiger partial charge in [0.15, 0.2) is 5.82 Å². The Morgan fingerprint density at radius 2 is 1.92 bits per heavy atom. The van der Waals surface area contributed by atoms with Crippen molar-refractivity contribution in [3.8, 4) is 0 Å². The average molecular weight is 183 g/mol. The number of rotatable bonds is 3. The summed E-state index contributed by atoms with van der Waals surface area (Å²) in [6, 6.07) is 0. The molecule has 0 aliphatic heterocycles. The van der Waals surface area contributed by atoms with Crippen LogP contribution in [0.4, 0.5) is 0 Å². The predicted octanol–water partition coefficient (Wildman–Crippen LogP) is 1.07. The van der Waals surface area contributed by atoms with E-state index in [1.165, 1.54) is 0 Å². The van der Waals surface area contributed by atoms with Crippen LogP contribution in [0.2, 0.25) is 0 Å². The lowest BCUT2D eigenvalue weighted by molar-refractivity contribution is 0.266. The minimum atomic E-state index is -0.0473. The first-order valence-corrected chi connectivity index (χ1v) is 4.57. The molecule has 1 rings (SSSR count). The van der Waals surface area contributed by atoms with Gasteiger partial charge in [0.2, 0.25) is 0 Å². The molecular formula is C9H17N3O. The van der Waals surface area contributed by atoms with Crippen molar-refractivity contribution in [2.45, 2.75) is 33.3 Å². The van der Waals surface area contributed by atoms with Crippen molar-refractivity contribution >= 4 is 0 Å². The van der Waals surface area contributed by atoms with E-state index >= 15 is 0 Å². The summed E-state index contributed by atoms with van der Waals surface area (Å²) in [5.41, 5.74) is 0. The van der Waals surface area contributed by atoms with Crippen LogP contribution < -0.4 is 0 Å². The summed E-state index contributed by atoms with van der Waals surface area (Å²) < 4.78 is 1.87. The summed E-state index contributed by atoms with van der Waals surface area (Å²) in [4.78, 5) is 0. The van der Waals surface area contributed by atoms with Crippen molar-refractivity contribution in [2.75, 3.05) is 0 Å². The highest BCUT2D eigenvalue weighted by atomic mass is 16.3. The van der Waals surface area contributed by atoms with Crippen LogP contribution >= 0.6 is 0 Å². The first kappa shape index (κ1) is 10.2. The summed E-state index contributed by atoms with van der Waals surface area (Å²) >= 11 is 0. The van der Waals surface area contributed by atoms with Gasteiger partial charge in [-0.25, -0.2) is 0 Å². The van der Waals surface area contributed by atoms with Crippen LogP contribution in [0.3, 0.4) is 0 Å². The van der Waals surface area contributed by atoms with Crippen LogP contribution in [0.1, 0.15) is 38.3 Å². The van der Waals surface area contributed by atoms with Gasteiger partial charge in [0.05, 0.1) is 0 Å². The molecule has 0 aliphatic rings. The Labute approximate surface area is 78.6 Å². The third kappa shape index (κ3) is 1.88. The Hall–Kier alpha value is -0.900. The second-order valence-electron chi connectivity index (χ2n) is 3.72. The Morgan fingerprint density at radius 3 is 2.31 bits per heavy atom. The van der Waals surface area contributed by atoms with Crippen LogP contribution in [0.15, 0.2) is 0 Å². The van der Waals surface area contributed by atoms with Crippen LogP contribution in [0.25, 0.3) is 0 Å². The van der Waals surface area contributed by atoms with Crippen LogP contribution in [0, 0.1) is 5.92 Å². The summed E-state index contributed by atoms with van der Waals surface area (Å²) in [5.74, 6) is 2.48. The monoisotopic (exact) mass is 183 g/mol. The van der Waals surface area contributed by atoms with Crippen LogP contribution in [-0.4, -0.2) is 19.9 Å².